The highest BCUT2D eigenvalue weighted by molar-refractivity contribution is 7.17. The molecule has 8 heteroatoms. The van der Waals surface area contributed by atoms with Crippen LogP contribution >= 0.6 is 22.9 Å². The molecule has 0 atom stereocenters. The van der Waals surface area contributed by atoms with E-state index in [0.29, 0.717) is 26.8 Å². The SMILES string of the molecule is COC(=O)c1cnc(Nc2cc(Cl)nc(C)n2)s1. The number of thiazole rings is 1. The summed E-state index contributed by atoms with van der Waals surface area (Å²) in [6, 6.07) is 1.58. The molecule has 6 nitrogen and oxygen atoms in total. The molecular formula is C10H9ClN4O2S. The number of carbonyl (C=O) groups is 1. The zero-order chi connectivity index (χ0) is 13.1. The van der Waals surface area contributed by atoms with E-state index in [0.717, 1.165) is 0 Å². The standard InChI is InChI=1S/C10H9ClN4O2S/c1-5-13-7(11)3-8(14-5)15-10-12-4-6(18-10)9(16)17-2/h3-4H,1-2H3,(H,12,13,14,15). The summed E-state index contributed by atoms with van der Waals surface area (Å²) < 4.78 is 4.59. The minimum atomic E-state index is -0.419. The van der Waals surface area contributed by atoms with Gasteiger partial charge >= 0.3 is 5.97 Å². The molecule has 2 rings (SSSR count). The fourth-order valence-corrected chi connectivity index (χ4v) is 2.20. The zero-order valence-electron chi connectivity index (χ0n) is 9.60. The van der Waals surface area contributed by atoms with Crippen LogP contribution in [-0.2, 0) is 4.74 Å². The van der Waals surface area contributed by atoms with Crippen LogP contribution < -0.4 is 5.32 Å². The first-order chi connectivity index (χ1) is 8.58. The summed E-state index contributed by atoms with van der Waals surface area (Å²) in [6.07, 6.45) is 1.44. The third kappa shape index (κ3) is 2.93. The molecule has 0 saturated carbocycles. The summed E-state index contributed by atoms with van der Waals surface area (Å²) in [6.45, 7) is 1.73. The third-order valence-electron chi connectivity index (χ3n) is 1.93. The number of methoxy groups -OCH3 is 1. The monoisotopic (exact) mass is 284 g/mol. The van der Waals surface area contributed by atoms with Gasteiger partial charge in [0.2, 0.25) is 0 Å². The number of ether oxygens (including phenoxy) is 1. The molecule has 0 unspecified atom stereocenters. The fourth-order valence-electron chi connectivity index (χ4n) is 1.23. The first kappa shape index (κ1) is 12.7. The van der Waals surface area contributed by atoms with Crippen LogP contribution in [0.1, 0.15) is 15.5 Å². The summed E-state index contributed by atoms with van der Waals surface area (Å²) >= 11 is 6.98. The number of esters is 1. The second-order valence-corrected chi connectivity index (χ2v) is 4.69. The Morgan fingerprint density at radius 3 is 2.94 bits per heavy atom. The number of rotatable bonds is 3. The average molecular weight is 285 g/mol. The van der Waals surface area contributed by atoms with E-state index in [2.05, 4.69) is 25.0 Å². The van der Waals surface area contributed by atoms with Crippen molar-refractivity contribution in [1.82, 2.24) is 15.0 Å². The van der Waals surface area contributed by atoms with Crippen molar-refractivity contribution in [1.29, 1.82) is 0 Å². The van der Waals surface area contributed by atoms with Crippen LogP contribution in [0.2, 0.25) is 5.15 Å². The van der Waals surface area contributed by atoms with E-state index in [9.17, 15) is 4.79 Å². The van der Waals surface area contributed by atoms with Gasteiger partial charge in [-0.3, -0.25) is 0 Å². The van der Waals surface area contributed by atoms with Gasteiger partial charge in [0.25, 0.3) is 0 Å². The molecule has 0 fully saturated rings. The largest absolute Gasteiger partial charge is 0.465 e. The average Bonchev–Trinajstić information content (AvgIpc) is 2.75. The molecule has 0 aromatic carbocycles. The van der Waals surface area contributed by atoms with Gasteiger partial charge in [0.1, 0.15) is 21.7 Å². The smallest absolute Gasteiger partial charge is 0.349 e. The van der Waals surface area contributed by atoms with E-state index >= 15 is 0 Å². The van der Waals surface area contributed by atoms with E-state index in [1.54, 1.807) is 13.0 Å². The van der Waals surface area contributed by atoms with Crippen LogP contribution in [0.25, 0.3) is 0 Å². The molecule has 0 aliphatic heterocycles. The van der Waals surface area contributed by atoms with Gasteiger partial charge in [-0.05, 0) is 6.92 Å². The van der Waals surface area contributed by atoms with E-state index in [-0.39, 0.29) is 0 Å². The Hall–Kier alpha value is -1.73. The zero-order valence-corrected chi connectivity index (χ0v) is 11.2. The number of halogens is 1. The highest BCUT2D eigenvalue weighted by Gasteiger charge is 2.11. The van der Waals surface area contributed by atoms with Crippen molar-refractivity contribution in [3.63, 3.8) is 0 Å². The second-order valence-electron chi connectivity index (χ2n) is 3.27. The predicted octanol–water partition coefficient (Wildman–Crippen LogP) is 2.43. The molecule has 2 heterocycles. The Kier molecular flexibility index (Phi) is 3.73. The lowest BCUT2D eigenvalue weighted by molar-refractivity contribution is 0.0606. The predicted molar refractivity (Wildman–Crippen MR) is 68.5 cm³/mol. The van der Waals surface area contributed by atoms with Gasteiger partial charge < -0.3 is 10.1 Å². The first-order valence-electron chi connectivity index (χ1n) is 4.91. The number of nitrogens with one attached hydrogen (secondary N) is 1. The summed E-state index contributed by atoms with van der Waals surface area (Å²) in [5, 5.41) is 3.82. The lowest BCUT2D eigenvalue weighted by Gasteiger charge is -2.02. The van der Waals surface area contributed by atoms with Crippen molar-refractivity contribution < 1.29 is 9.53 Å². The maximum atomic E-state index is 11.3. The van der Waals surface area contributed by atoms with Crippen LogP contribution in [0.4, 0.5) is 10.9 Å². The Labute approximate surface area is 112 Å². The molecule has 0 saturated heterocycles. The normalized spacial score (nSPS) is 10.2. The highest BCUT2D eigenvalue weighted by Crippen LogP contribution is 2.23. The topological polar surface area (TPSA) is 77.0 Å². The Morgan fingerprint density at radius 1 is 1.50 bits per heavy atom. The van der Waals surface area contributed by atoms with Crippen LogP contribution in [0, 0.1) is 6.92 Å². The lowest BCUT2D eigenvalue weighted by Crippen LogP contribution is -1.97. The minimum absolute atomic E-state index is 0.342. The van der Waals surface area contributed by atoms with Crippen molar-refractivity contribution in [3.05, 3.63) is 28.1 Å². The summed E-state index contributed by atoms with van der Waals surface area (Å²) in [4.78, 5) is 23.8. The number of anilines is 2. The van der Waals surface area contributed by atoms with E-state index in [1.807, 2.05) is 0 Å². The maximum Gasteiger partial charge on any atom is 0.349 e. The molecule has 0 spiro atoms. The van der Waals surface area contributed by atoms with E-state index in [1.165, 1.54) is 24.6 Å². The van der Waals surface area contributed by atoms with Crippen molar-refractivity contribution in [2.24, 2.45) is 0 Å². The van der Waals surface area contributed by atoms with E-state index in [4.69, 9.17) is 11.6 Å². The third-order valence-corrected chi connectivity index (χ3v) is 3.02. The summed E-state index contributed by atoms with van der Waals surface area (Å²) in [5.41, 5.74) is 0. The number of hydrogen-bond acceptors (Lipinski definition) is 7. The first-order valence-corrected chi connectivity index (χ1v) is 6.10. The molecule has 18 heavy (non-hydrogen) atoms. The van der Waals surface area contributed by atoms with Gasteiger partial charge in [0.05, 0.1) is 13.3 Å². The molecule has 0 aliphatic carbocycles. The maximum absolute atomic E-state index is 11.3. The quantitative estimate of drug-likeness (QED) is 0.689. The molecule has 2 aromatic rings. The van der Waals surface area contributed by atoms with E-state index < -0.39 is 5.97 Å². The Balaban J connectivity index is 2.18. The van der Waals surface area contributed by atoms with Crippen LogP contribution in [-0.4, -0.2) is 28.0 Å². The molecule has 0 aliphatic rings. The molecule has 94 valence electrons. The van der Waals surface area contributed by atoms with Gasteiger partial charge in [0, 0.05) is 6.07 Å². The number of hydrogen-bond donors (Lipinski definition) is 1. The van der Waals surface area contributed by atoms with Crippen LogP contribution in [0.3, 0.4) is 0 Å². The van der Waals surface area contributed by atoms with Crippen molar-refractivity contribution >= 4 is 39.9 Å². The number of carbonyl (C=O) groups excluding carboxylic acids is 1. The van der Waals surface area contributed by atoms with Crippen LogP contribution in [0.15, 0.2) is 12.3 Å². The molecule has 2 aromatic heterocycles. The highest BCUT2D eigenvalue weighted by atomic mass is 35.5. The number of aryl methyl sites for hydroxylation is 1. The number of nitrogens with zero attached hydrogens (tertiary/aromatic N) is 3. The van der Waals surface area contributed by atoms with Gasteiger partial charge in [-0.1, -0.05) is 22.9 Å². The molecule has 0 amide bonds. The minimum Gasteiger partial charge on any atom is -0.465 e. The molecule has 0 bridgehead atoms. The Bertz CT molecular complexity index is 567. The lowest BCUT2D eigenvalue weighted by atomic mass is 10.5. The van der Waals surface area contributed by atoms with Crippen molar-refractivity contribution in [2.45, 2.75) is 6.92 Å². The van der Waals surface area contributed by atoms with Crippen molar-refractivity contribution in [3.8, 4) is 0 Å². The second kappa shape index (κ2) is 5.28. The molecule has 0 radical (unpaired) electrons. The van der Waals surface area contributed by atoms with Gasteiger partial charge in [-0.25, -0.2) is 19.7 Å². The molecule has 1 N–H and O–H groups in total. The Morgan fingerprint density at radius 2 is 2.28 bits per heavy atom. The molecular weight excluding hydrogens is 276 g/mol. The summed E-state index contributed by atoms with van der Waals surface area (Å²) in [7, 11) is 1.32. The number of aromatic nitrogens is 3. The van der Waals surface area contributed by atoms with Gasteiger partial charge in [-0.2, -0.15) is 0 Å². The fraction of sp³-hybridized carbons (Fsp3) is 0.200. The van der Waals surface area contributed by atoms with Crippen molar-refractivity contribution in [2.75, 3.05) is 12.4 Å². The van der Waals surface area contributed by atoms with Gasteiger partial charge in [0.15, 0.2) is 5.13 Å². The van der Waals surface area contributed by atoms with Crippen LogP contribution in [0.5, 0.6) is 0 Å². The van der Waals surface area contributed by atoms with Gasteiger partial charge in [-0.15, -0.1) is 0 Å². The summed E-state index contributed by atoms with van der Waals surface area (Å²) in [5.74, 6) is 0.658.